The number of hydrogen-bond acceptors (Lipinski definition) is 3. The van der Waals surface area contributed by atoms with Crippen molar-refractivity contribution >= 4 is 23.2 Å². The molecule has 1 aliphatic rings. The van der Waals surface area contributed by atoms with Crippen LogP contribution in [-0.4, -0.2) is 29.3 Å². The molecule has 1 aromatic rings. The molecule has 1 N–H and O–H groups in total. The van der Waals surface area contributed by atoms with E-state index in [4.69, 9.17) is 0 Å². The zero-order valence-electron chi connectivity index (χ0n) is 10.9. The summed E-state index contributed by atoms with van der Waals surface area (Å²) in [6, 6.07) is 1.78. The number of amides is 2. The predicted octanol–water partition coefficient (Wildman–Crippen LogP) is 1.60. The first kappa shape index (κ1) is 13.1. The number of hydrogen-bond donors (Lipinski definition) is 1. The number of thiophene rings is 1. The van der Waals surface area contributed by atoms with E-state index in [1.165, 1.54) is 10.4 Å². The number of carbonyl (C=O) groups excluding carboxylic acids is 2. The molecule has 0 bridgehead atoms. The Morgan fingerprint density at radius 2 is 2.17 bits per heavy atom. The molecular weight excluding hydrogens is 248 g/mol. The third-order valence-electron chi connectivity index (χ3n) is 3.34. The molecule has 0 radical (unpaired) electrons. The Kier molecular flexibility index (Phi) is 3.71. The van der Waals surface area contributed by atoms with Gasteiger partial charge in [-0.15, -0.1) is 11.3 Å². The second kappa shape index (κ2) is 5.10. The smallest absolute Gasteiger partial charge is 0.243 e. The van der Waals surface area contributed by atoms with E-state index in [1.807, 2.05) is 6.92 Å². The highest BCUT2D eigenvalue weighted by Gasteiger charge is 2.33. The Bertz CT molecular complexity index is 462. The van der Waals surface area contributed by atoms with Crippen molar-refractivity contribution in [3.8, 4) is 0 Å². The van der Waals surface area contributed by atoms with Gasteiger partial charge in [0.25, 0.3) is 0 Å². The summed E-state index contributed by atoms with van der Waals surface area (Å²) in [6.07, 6.45) is 0.654. The number of nitrogens with one attached hydrogen (secondary N) is 1. The van der Waals surface area contributed by atoms with Crippen molar-refractivity contribution in [1.82, 2.24) is 10.2 Å². The van der Waals surface area contributed by atoms with Gasteiger partial charge in [-0.3, -0.25) is 9.59 Å². The Labute approximate surface area is 111 Å². The van der Waals surface area contributed by atoms with E-state index in [0.717, 1.165) is 4.88 Å². The van der Waals surface area contributed by atoms with Crippen LogP contribution < -0.4 is 5.32 Å². The zero-order valence-corrected chi connectivity index (χ0v) is 11.8. The number of aryl methyl sites for hydroxylation is 2. The summed E-state index contributed by atoms with van der Waals surface area (Å²) in [5.41, 5.74) is 1.25. The monoisotopic (exact) mass is 266 g/mol. The first-order valence-corrected chi connectivity index (χ1v) is 6.97. The number of piperazine rings is 1. The van der Waals surface area contributed by atoms with Crippen LogP contribution in [0, 0.1) is 13.8 Å². The van der Waals surface area contributed by atoms with Crippen molar-refractivity contribution < 1.29 is 9.59 Å². The lowest BCUT2D eigenvalue weighted by Gasteiger charge is -2.34. The summed E-state index contributed by atoms with van der Waals surface area (Å²) < 4.78 is 0. The Balaban J connectivity index is 2.19. The van der Waals surface area contributed by atoms with E-state index in [2.05, 4.69) is 25.2 Å². The minimum atomic E-state index is -0.325. The summed E-state index contributed by atoms with van der Waals surface area (Å²) >= 11 is 1.70. The van der Waals surface area contributed by atoms with Crippen LogP contribution in [0.25, 0.3) is 0 Å². The van der Waals surface area contributed by atoms with Gasteiger partial charge in [-0.1, -0.05) is 6.92 Å². The van der Waals surface area contributed by atoms with E-state index in [1.54, 1.807) is 16.2 Å². The standard InChI is InChI=1S/C13H18N2O2S/c1-4-11-13(17)14-6-12(16)15(11)7-10-5-8(2)9(3)18-10/h5,11H,4,6-7H2,1-3H3,(H,14,17). The lowest BCUT2D eigenvalue weighted by atomic mass is 10.1. The maximum Gasteiger partial charge on any atom is 0.243 e. The molecule has 1 saturated heterocycles. The molecule has 1 fully saturated rings. The zero-order chi connectivity index (χ0) is 13.3. The fourth-order valence-electron chi connectivity index (χ4n) is 2.20. The molecule has 0 spiro atoms. The fraction of sp³-hybridized carbons (Fsp3) is 0.538. The molecule has 18 heavy (non-hydrogen) atoms. The average molecular weight is 266 g/mol. The van der Waals surface area contributed by atoms with Crippen LogP contribution in [0.3, 0.4) is 0 Å². The Morgan fingerprint density at radius 3 is 2.72 bits per heavy atom. The second-order valence-corrected chi connectivity index (χ2v) is 5.96. The van der Waals surface area contributed by atoms with Crippen LogP contribution in [0.1, 0.15) is 28.7 Å². The van der Waals surface area contributed by atoms with Crippen LogP contribution in [0.4, 0.5) is 0 Å². The van der Waals surface area contributed by atoms with Gasteiger partial charge in [-0.2, -0.15) is 0 Å². The van der Waals surface area contributed by atoms with Crippen molar-refractivity contribution in [3.63, 3.8) is 0 Å². The summed E-state index contributed by atoms with van der Waals surface area (Å²) in [7, 11) is 0. The lowest BCUT2D eigenvalue weighted by Crippen LogP contribution is -2.57. The molecule has 2 amide bonds. The van der Waals surface area contributed by atoms with Gasteiger partial charge in [-0.25, -0.2) is 0 Å². The van der Waals surface area contributed by atoms with Gasteiger partial charge < -0.3 is 10.2 Å². The van der Waals surface area contributed by atoms with E-state index in [-0.39, 0.29) is 24.4 Å². The SMILES string of the molecule is CCC1C(=O)NCC(=O)N1Cc1cc(C)c(C)s1. The molecule has 98 valence electrons. The van der Waals surface area contributed by atoms with Crippen LogP contribution in [-0.2, 0) is 16.1 Å². The van der Waals surface area contributed by atoms with Gasteiger partial charge in [-0.05, 0) is 31.9 Å². The summed E-state index contributed by atoms with van der Waals surface area (Å²) in [5, 5.41) is 2.64. The molecule has 0 aromatic carbocycles. The average Bonchev–Trinajstić information content (AvgIpc) is 2.64. The molecule has 4 nitrogen and oxygen atoms in total. The van der Waals surface area contributed by atoms with Crippen LogP contribution in [0.2, 0.25) is 0 Å². The topological polar surface area (TPSA) is 49.4 Å². The largest absolute Gasteiger partial charge is 0.345 e. The van der Waals surface area contributed by atoms with Crippen LogP contribution >= 0.6 is 11.3 Å². The quantitative estimate of drug-likeness (QED) is 0.903. The van der Waals surface area contributed by atoms with Crippen LogP contribution in [0.15, 0.2) is 6.07 Å². The van der Waals surface area contributed by atoms with Crippen LogP contribution in [0.5, 0.6) is 0 Å². The summed E-state index contributed by atoms with van der Waals surface area (Å²) in [6.45, 7) is 6.74. The number of nitrogens with zero attached hydrogens (tertiary/aromatic N) is 1. The van der Waals surface area contributed by atoms with E-state index >= 15 is 0 Å². The molecule has 1 atom stereocenters. The van der Waals surface area contributed by atoms with Crippen molar-refractivity contribution in [1.29, 1.82) is 0 Å². The summed E-state index contributed by atoms with van der Waals surface area (Å²) in [5.74, 6) is -0.0349. The minimum Gasteiger partial charge on any atom is -0.345 e. The maximum absolute atomic E-state index is 11.9. The molecular formula is C13H18N2O2S. The van der Waals surface area contributed by atoms with Gasteiger partial charge in [0, 0.05) is 9.75 Å². The highest BCUT2D eigenvalue weighted by Crippen LogP contribution is 2.24. The highest BCUT2D eigenvalue weighted by atomic mass is 32.1. The van der Waals surface area contributed by atoms with Crippen molar-refractivity contribution in [2.24, 2.45) is 0 Å². The molecule has 5 heteroatoms. The number of rotatable bonds is 3. The first-order chi connectivity index (χ1) is 8.52. The molecule has 0 aliphatic carbocycles. The maximum atomic E-state index is 11.9. The Hall–Kier alpha value is -1.36. The molecule has 1 unspecified atom stereocenters. The third-order valence-corrected chi connectivity index (χ3v) is 4.48. The highest BCUT2D eigenvalue weighted by molar-refractivity contribution is 7.12. The fourth-order valence-corrected chi connectivity index (χ4v) is 3.25. The summed E-state index contributed by atoms with van der Waals surface area (Å²) in [4.78, 5) is 27.8. The number of carbonyl (C=O) groups is 2. The van der Waals surface area contributed by atoms with Crippen molar-refractivity contribution in [3.05, 3.63) is 21.4 Å². The molecule has 2 heterocycles. The van der Waals surface area contributed by atoms with E-state index in [9.17, 15) is 9.59 Å². The lowest BCUT2D eigenvalue weighted by molar-refractivity contribution is -0.146. The van der Waals surface area contributed by atoms with E-state index in [0.29, 0.717) is 13.0 Å². The molecule has 2 rings (SSSR count). The predicted molar refractivity (Wildman–Crippen MR) is 71.4 cm³/mol. The second-order valence-electron chi connectivity index (χ2n) is 4.62. The molecule has 1 aliphatic heterocycles. The van der Waals surface area contributed by atoms with E-state index < -0.39 is 0 Å². The normalized spacial score (nSPS) is 20.2. The van der Waals surface area contributed by atoms with Gasteiger partial charge in [0.15, 0.2) is 0 Å². The van der Waals surface area contributed by atoms with Gasteiger partial charge in [0.2, 0.25) is 11.8 Å². The van der Waals surface area contributed by atoms with Gasteiger partial charge in [0.05, 0.1) is 13.1 Å². The first-order valence-electron chi connectivity index (χ1n) is 6.16. The van der Waals surface area contributed by atoms with Crippen molar-refractivity contribution in [2.75, 3.05) is 6.54 Å². The van der Waals surface area contributed by atoms with Gasteiger partial charge in [0.1, 0.15) is 6.04 Å². The van der Waals surface area contributed by atoms with Crippen molar-refractivity contribution in [2.45, 2.75) is 39.8 Å². The Morgan fingerprint density at radius 1 is 1.44 bits per heavy atom. The third kappa shape index (κ3) is 2.41. The minimum absolute atomic E-state index is 0.00477. The molecule has 0 saturated carbocycles. The van der Waals surface area contributed by atoms with Gasteiger partial charge >= 0.3 is 0 Å². The molecule has 1 aromatic heterocycles.